The van der Waals surface area contributed by atoms with Crippen LogP contribution in [0.25, 0.3) is 0 Å². The quantitative estimate of drug-likeness (QED) is 0.613. The van der Waals surface area contributed by atoms with Gasteiger partial charge in [0.15, 0.2) is 6.10 Å². The van der Waals surface area contributed by atoms with Gasteiger partial charge in [0.05, 0.1) is 0 Å². The summed E-state index contributed by atoms with van der Waals surface area (Å²) in [6, 6.07) is 0. The zero-order chi connectivity index (χ0) is 15.6. The topological polar surface area (TPSA) is 105 Å². The van der Waals surface area contributed by atoms with E-state index >= 15 is 0 Å². The summed E-state index contributed by atoms with van der Waals surface area (Å²) in [6.07, 6.45) is -1.96. The highest BCUT2D eigenvalue weighted by Gasteiger charge is 2.26. The van der Waals surface area contributed by atoms with Crippen LogP contribution in [0.2, 0.25) is 0 Å². The third-order valence-corrected chi connectivity index (χ3v) is 1.52. The van der Waals surface area contributed by atoms with Crippen LogP contribution in [0.15, 0.2) is 0 Å². The highest BCUT2D eigenvalue weighted by molar-refractivity contribution is 5.86. The molecule has 7 nitrogen and oxygen atoms in total. The van der Waals surface area contributed by atoms with Gasteiger partial charge < -0.3 is 19.9 Å². The molecule has 19 heavy (non-hydrogen) atoms. The SMILES string of the molecule is CCC(OC(C)=O)C(=O)OC(=O)OC(C)(C)C.CN. The lowest BCUT2D eigenvalue weighted by molar-refractivity contribution is -0.165. The van der Waals surface area contributed by atoms with E-state index < -0.39 is 29.8 Å². The minimum Gasteiger partial charge on any atom is -0.451 e. The molecule has 0 aromatic heterocycles. The molecule has 7 heteroatoms. The van der Waals surface area contributed by atoms with Crippen LogP contribution < -0.4 is 5.73 Å². The normalized spacial score (nSPS) is 11.5. The second kappa shape index (κ2) is 9.32. The first-order chi connectivity index (χ1) is 8.65. The molecule has 0 spiro atoms. The number of carbonyl (C=O) groups is 3. The summed E-state index contributed by atoms with van der Waals surface area (Å²) in [5.74, 6) is -1.55. The van der Waals surface area contributed by atoms with Crippen LogP contribution in [0, 0.1) is 0 Å². The van der Waals surface area contributed by atoms with Crippen LogP contribution in [0.5, 0.6) is 0 Å². The summed E-state index contributed by atoms with van der Waals surface area (Å²) in [5.41, 5.74) is 3.75. The van der Waals surface area contributed by atoms with Gasteiger partial charge in [-0.15, -0.1) is 0 Å². The van der Waals surface area contributed by atoms with E-state index in [-0.39, 0.29) is 6.42 Å². The van der Waals surface area contributed by atoms with E-state index in [9.17, 15) is 14.4 Å². The summed E-state index contributed by atoms with van der Waals surface area (Å²) in [5, 5.41) is 0. The van der Waals surface area contributed by atoms with Crippen molar-refractivity contribution >= 4 is 18.1 Å². The third kappa shape index (κ3) is 11.2. The van der Waals surface area contributed by atoms with E-state index in [1.807, 2.05) is 0 Å². The summed E-state index contributed by atoms with van der Waals surface area (Å²) in [4.78, 5) is 33.3. The van der Waals surface area contributed by atoms with Gasteiger partial charge in [0.2, 0.25) is 0 Å². The molecule has 0 bridgehead atoms. The maximum atomic E-state index is 11.4. The van der Waals surface area contributed by atoms with Gasteiger partial charge in [-0.25, -0.2) is 9.59 Å². The van der Waals surface area contributed by atoms with Crippen molar-refractivity contribution in [2.24, 2.45) is 5.73 Å². The number of nitrogens with two attached hydrogens (primary N) is 1. The smallest absolute Gasteiger partial charge is 0.451 e. The zero-order valence-electron chi connectivity index (χ0n) is 12.3. The first-order valence-electron chi connectivity index (χ1n) is 5.85. The van der Waals surface area contributed by atoms with E-state index in [0.29, 0.717) is 0 Å². The summed E-state index contributed by atoms with van der Waals surface area (Å²) < 4.78 is 13.9. The van der Waals surface area contributed by atoms with Crippen molar-refractivity contribution in [1.82, 2.24) is 0 Å². The van der Waals surface area contributed by atoms with Crippen LogP contribution in [0.3, 0.4) is 0 Å². The Morgan fingerprint density at radius 1 is 1.16 bits per heavy atom. The summed E-state index contributed by atoms with van der Waals surface area (Å²) in [7, 11) is 1.50. The van der Waals surface area contributed by atoms with Crippen molar-refractivity contribution in [3.63, 3.8) is 0 Å². The fourth-order valence-electron chi connectivity index (χ4n) is 0.917. The first-order valence-corrected chi connectivity index (χ1v) is 5.85. The van der Waals surface area contributed by atoms with E-state index in [1.54, 1.807) is 27.7 Å². The van der Waals surface area contributed by atoms with Gasteiger partial charge in [0, 0.05) is 6.92 Å². The van der Waals surface area contributed by atoms with Crippen molar-refractivity contribution in [3.05, 3.63) is 0 Å². The van der Waals surface area contributed by atoms with Crippen molar-refractivity contribution in [2.45, 2.75) is 52.7 Å². The molecule has 0 saturated carbocycles. The first kappa shape index (κ1) is 19.7. The number of ether oxygens (including phenoxy) is 3. The van der Waals surface area contributed by atoms with Crippen LogP contribution in [0.1, 0.15) is 41.0 Å². The molecule has 1 atom stereocenters. The molecule has 0 aliphatic rings. The predicted molar refractivity (Wildman–Crippen MR) is 68.3 cm³/mol. The fourth-order valence-corrected chi connectivity index (χ4v) is 0.917. The Morgan fingerprint density at radius 3 is 1.95 bits per heavy atom. The van der Waals surface area contributed by atoms with Crippen LogP contribution in [-0.2, 0) is 23.8 Å². The average molecular weight is 277 g/mol. The zero-order valence-corrected chi connectivity index (χ0v) is 12.3. The lowest BCUT2D eigenvalue weighted by atomic mass is 10.2. The maximum absolute atomic E-state index is 11.4. The minimum atomic E-state index is -1.10. The molecule has 1 unspecified atom stereocenters. The Kier molecular flexibility index (Phi) is 9.67. The van der Waals surface area contributed by atoms with Crippen molar-refractivity contribution in [1.29, 1.82) is 0 Å². The second-order valence-corrected chi connectivity index (χ2v) is 4.39. The number of rotatable bonds is 3. The summed E-state index contributed by atoms with van der Waals surface area (Å²) in [6.45, 7) is 7.72. The molecule has 0 aromatic rings. The standard InChI is InChI=1S/C11H18O6.CH5N/c1-6-8(15-7(2)12)9(13)16-10(14)17-11(3,4)5;1-2/h8H,6H2,1-5H3;2H2,1H3. The van der Waals surface area contributed by atoms with E-state index in [0.717, 1.165) is 0 Å². The van der Waals surface area contributed by atoms with Crippen molar-refractivity contribution in [3.8, 4) is 0 Å². The Balaban J connectivity index is 0. The molecule has 0 fully saturated rings. The predicted octanol–water partition coefficient (Wildman–Crippen LogP) is 1.38. The Hall–Kier alpha value is -1.63. The number of hydrogen-bond donors (Lipinski definition) is 1. The fraction of sp³-hybridized carbons (Fsp3) is 0.750. The van der Waals surface area contributed by atoms with E-state index in [4.69, 9.17) is 4.74 Å². The Labute approximate surface area is 113 Å². The average Bonchev–Trinajstić information content (AvgIpc) is 2.25. The molecule has 0 heterocycles. The lowest BCUT2D eigenvalue weighted by Crippen LogP contribution is -2.32. The molecular formula is C12H23NO6. The number of esters is 2. The molecule has 0 aromatic carbocycles. The van der Waals surface area contributed by atoms with Gasteiger partial charge in [-0.2, -0.15) is 0 Å². The largest absolute Gasteiger partial charge is 0.516 e. The van der Waals surface area contributed by atoms with Gasteiger partial charge >= 0.3 is 18.1 Å². The van der Waals surface area contributed by atoms with Crippen LogP contribution in [0.4, 0.5) is 4.79 Å². The minimum absolute atomic E-state index is 0.223. The van der Waals surface area contributed by atoms with Crippen molar-refractivity contribution < 1.29 is 28.6 Å². The highest BCUT2D eigenvalue weighted by atomic mass is 16.8. The van der Waals surface area contributed by atoms with Gasteiger partial charge in [-0.05, 0) is 34.2 Å². The molecule has 2 N–H and O–H groups in total. The Morgan fingerprint density at radius 2 is 1.63 bits per heavy atom. The molecule has 112 valence electrons. The molecule has 0 aliphatic carbocycles. The summed E-state index contributed by atoms with van der Waals surface area (Å²) >= 11 is 0. The van der Waals surface area contributed by atoms with Gasteiger partial charge in [0.1, 0.15) is 5.60 Å². The van der Waals surface area contributed by atoms with Gasteiger partial charge in [-0.3, -0.25) is 4.79 Å². The highest BCUT2D eigenvalue weighted by Crippen LogP contribution is 2.09. The van der Waals surface area contributed by atoms with Crippen LogP contribution in [-0.4, -0.2) is 36.8 Å². The molecule has 0 radical (unpaired) electrons. The number of hydrogen-bond acceptors (Lipinski definition) is 7. The lowest BCUT2D eigenvalue weighted by Gasteiger charge is -2.19. The monoisotopic (exact) mass is 277 g/mol. The van der Waals surface area contributed by atoms with Crippen LogP contribution >= 0.6 is 0 Å². The van der Waals surface area contributed by atoms with Gasteiger partial charge in [0.25, 0.3) is 0 Å². The van der Waals surface area contributed by atoms with Gasteiger partial charge in [-0.1, -0.05) is 6.92 Å². The molecule has 0 amide bonds. The second-order valence-electron chi connectivity index (χ2n) is 4.39. The maximum Gasteiger partial charge on any atom is 0.516 e. The van der Waals surface area contributed by atoms with E-state index in [2.05, 4.69) is 15.2 Å². The molecule has 0 rings (SSSR count). The molecular weight excluding hydrogens is 254 g/mol. The van der Waals surface area contributed by atoms with Crippen molar-refractivity contribution in [2.75, 3.05) is 7.05 Å². The number of carbonyl (C=O) groups excluding carboxylic acids is 3. The Bertz CT molecular complexity index is 308. The molecule has 0 aliphatic heterocycles. The van der Waals surface area contributed by atoms with E-state index in [1.165, 1.54) is 14.0 Å². The molecule has 0 saturated heterocycles. The third-order valence-electron chi connectivity index (χ3n) is 1.52.